The molecule has 5 nitrogen and oxygen atoms in total. The van der Waals surface area contributed by atoms with E-state index in [1.54, 1.807) is 0 Å². The second-order valence-electron chi connectivity index (χ2n) is 8.82. The Morgan fingerprint density at radius 3 is 2.80 bits per heavy atom. The monoisotopic (exact) mass is 399 g/mol. The van der Waals surface area contributed by atoms with Crippen LogP contribution in [-0.2, 0) is 6.42 Å². The van der Waals surface area contributed by atoms with E-state index >= 15 is 0 Å². The zero-order valence-electron chi connectivity index (χ0n) is 17.2. The molecule has 0 aliphatic heterocycles. The predicted octanol–water partition coefficient (Wildman–Crippen LogP) is 5.75. The van der Waals surface area contributed by atoms with E-state index in [4.69, 9.17) is 4.98 Å². The Hall–Kier alpha value is -3.08. The topological polar surface area (TPSA) is 59.0 Å². The maximum atomic E-state index is 12.4. The minimum absolute atomic E-state index is 0.412. The summed E-state index contributed by atoms with van der Waals surface area (Å²) < 4.78 is 4.26. The van der Waals surface area contributed by atoms with Crippen molar-refractivity contribution in [3.05, 3.63) is 58.8 Å². The first kappa shape index (κ1) is 17.8. The molecule has 2 aliphatic carbocycles. The van der Waals surface area contributed by atoms with Crippen LogP contribution in [0.5, 0.6) is 0 Å². The highest BCUT2D eigenvalue weighted by Crippen LogP contribution is 2.40. The average molecular weight is 399 g/mol. The summed E-state index contributed by atoms with van der Waals surface area (Å²) in [5.41, 5.74) is 7.58. The average Bonchev–Trinajstić information content (AvgIpc) is 3.30. The first-order valence-electron chi connectivity index (χ1n) is 11.0. The Morgan fingerprint density at radius 2 is 2.00 bits per heavy atom. The molecule has 0 spiro atoms. The van der Waals surface area contributed by atoms with E-state index < -0.39 is 5.97 Å². The number of hydrogen-bond donors (Lipinski definition) is 1. The van der Waals surface area contributed by atoms with Gasteiger partial charge in [0.1, 0.15) is 0 Å². The molecule has 6 rings (SSSR count). The molecule has 2 aliphatic rings. The Kier molecular flexibility index (Phi) is 3.82. The summed E-state index contributed by atoms with van der Waals surface area (Å²) in [5.74, 6) is -0.317. The molecule has 1 N–H and O–H groups in total. The number of rotatable bonds is 2. The Labute approximate surface area is 174 Å². The van der Waals surface area contributed by atoms with Crippen molar-refractivity contribution in [1.29, 1.82) is 0 Å². The molecule has 4 aromatic rings. The molecule has 5 heteroatoms. The number of nitrogens with zero attached hydrogens (tertiary/aromatic N) is 3. The van der Waals surface area contributed by atoms with Crippen molar-refractivity contribution in [3.8, 4) is 0 Å². The Bertz CT molecular complexity index is 1370. The van der Waals surface area contributed by atoms with Crippen LogP contribution in [-0.4, -0.2) is 24.9 Å². The molecule has 0 radical (unpaired) electrons. The van der Waals surface area contributed by atoms with Crippen LogP contribution >= 0.6 is 0 Å². The normalized spacial score (nSPS) is 17.2. The van der Waals surface area contributed by atoms with Gasteiger partial charge in [-0.1, -0.05) is 43.5 Å². The largest absolute Gasteiger partial charge is 0.478 e. The van der Waals surface area contributed by atoms with E-state index in [-0.39, 0.29) is 0 Å². The third kappa shape index (κ3) is 2.35. The summed E-state index contributed by atoms with van der Waals surface area (Å²) >= 11 is 0. The molecule has 3 heterocycles. The zero-order valence-corrected chi connectivity index (χ0v) is 17.2. The molecule has 0 unspecified atom stereocenters. The Morgan fingerprint density at radius 1 is 1.17 bits per heavy atom. The molecular weight excluding hydrogens is 374 g/mol. The van der Waals surface area contributed by atoms with Gasteiger partial charge < -0.3 is 13.9 Å². The van der Waals surface area contributed by atoms with Crippen LogP contribution in [0.4, 0.5) is 0 Å². The highest BCUT2D eigenvalue weighted by Gasteiger charge is 2.27. The molecular formula is C25H25N3O2. The number of carboxylic acids is 1. The molecule has 152 valence electrons. The molecule has 0 saturated heterocycles. The fraction of sp³-hybridized carbons (Fsp3) is 0.360. The van der Waals surface area contributed by atoms with Gasteiger partial charge in [-0.3, -0.25) is 0 Å². The molecule has 1 saturated carbocycles. The number of aromatic nitrogens is 3. The van der Waals surface area contributed by atoms with Crippen LogP contribution in [0.15, 0.2) is 30.7 Å². The summed E-state index contributed by atoms with van der Waals surface area (Å²) in [6, 6.07) is 4.35. The minimum atomic E-state index is -0.864. The summed E-state index contributed by atoms with van der Waals surface area (Å²) in [6.45, 7) is 2.06. The van der Waals surface area contributed by atoms with Gasteiger partial charge in [0.05, 0.1) is 28.4 Å². The van der Waals surface area contributed by atoms with Gasteiger partial charge in [0, 0.05) is 28.5 Å². The number of fused-ring (bicyclic) bond motifs is 4. The van der Waals surface area contributed by atoms with Crippen molar-refractivity contribution in [2.75, 3.05) is 0 Å². The second-order valence-corrected chi connectivity index (χ2v) is 8.82. The lowest BCUT2D eigenvalue weighted by molar-refractivity contribution is 0.0699. The van der Waals surface area contributed by atoms with Crippen LogP contribution in [0.3, 0.4) is 0 Å². The summed E-state index contributed by atoms with van der Waals surface area (Å²) in [6.07, 6.45) is 16.2. The quantitative estimate of drug-likeness (QED) is 0.467. The Balaban J connectivity index is 1.79. The lowest BCUT2D eigenvalue weighted by Crippen LogP contribution is -2.05. The van der Waals surface area contributed by atoms with Gasteiger partial charge in [-0.25, -0.2) is 9.78 Å². The lowest BCUT2D eigenvalue weighted by atomic mass is 9.83. The first-order valence-corrected chi connectivity index (χ1v) is 11.0. The molecule has 1 fully saturated rings. The maximum absolute atomic E-state index is 12.4. The lowest BCUT2D eigenvalue weighted by Gasteiger charge is -2.22. The van der Waals surface area contributed by atoms with Crippen LogP contribution < -0.4 is 0 Å². The zero-order chi connectivity index (χ0) is 20.4. The van der Waals surface area contributed by atoms with Crippen LogP contribution in [0.1, 0.15) is 77.3 Å². The van der Waals surface area contributed by atoms with Crippen LogP contribution in [0.25, 0.3) is 28.0 Å². The number of carboxylic acid groups (broad SMARTS) is 1. The number of aryl methyl sites for hydroxylation is 2. The van der Waals surface area contributed by atoms with Gasteiger partial charge in [-0.05, 0) is 44.1 Å². The van der Waals surface area contributed by atoms with Gasteiger partial charge in [0.15, 0.2) is 0 Å². The van der Waals surface area contributed by atoms with E-state index in [9.17, 15) is 9.90 Å². The first-order chi connectivity index (χ1) is 14.6. The van der Waals surface area contributed by atoms with Gasteiger partial charge in [-0.15, -0.1) is 0 Å². The van der Waals surface area contributed by atoms with Gasteiger partial charge in [-0.2, -0.15) is 0 Å². The van der Waals surface area contributed by atoms with Crippen molar-refractivity contribution in [2.45, 2.75) is 57.8 Å². The molecule has 30 heavy (non-hydrogen) atoms. The second kappa shape index (κ2) is 6.46. The van der Waals surface area contributed by atoms with Crippen molar-refractivity contribution < 1.29 is 9.90 Å². The number of allylic oxidation sites excluding steroid dienone is 1. The van der Waals surface area contributed by atoms with Crippen molar-refractivity contribution in [1.82, 2.24) is 13.8 Å². The van der Waals surface area contributed by atoms with E-state index in [2.05, 4.69) is 40.1 Å². The maximum Gasteiger partial charge on any atom is 0.338 e. The fourth-order valence-corrected chi connectivity index (χ4v) is 5.81. The summed E-state index contributed by atoms with van der Waals surface area (Å²) in [7, 11) is 0. The molecule has 0 atom stereocenters. The fourth-order valence-electron chi connectivity index (χ4n) is 5.81. The third-order valence-electron chi connectivity index (χ3n) is 7.09. The van der Waals surface area contributed by atoms with Crippen molar-refractivity contribution in [3.63, 3.8) is 0 Å². The minimum Gasteiger partial charge on any atom is -0.478 e. The van der Waals surface area contributed by atoms with Gasteiger partial charge in [0.2, 0.25) is 0 Å². The number of carbonyl (C=O) groups is 1. The van der Waals surface area contributed by atoms with E-state index in [1.165, 1.54) is 37.7 Å². The van der Waals surface area contributed by atoms with Crippen LogP contribution in [0, 0.1) is 6.92 Å². The third-order valence-corrected chi connectivity index (χ3v) is 7.09. The molecule has 0 amide bonds. The van der Waals surface area contributed by atoms with Crippen molar-refractivity contribution >= 4 is 34.0 Å². The smallest absolute Gasteiger partial charge is 0.338 e. The molecule has 3 aromatic heterocycles. The standard InChI is InChI=1S/C25H25N3O2/c1-15-13-27-14-26-22-17(16-7-3-2-4-8-16)11-12-19(24(22)27)23-21(25(29)30)18-9-5-6-10-20(18)28(15)23/h5,9,11-14,16H,2-4,6-8,10H2,1H3,(H,29,30). The van der Waals surface area contributed by atoms with Crippen molar-refractivity contribution in [2.24, 2.45) is 0 Å². The van der Waals surface area contributed by atoms with Crippen LogP contribution in [0.2, 0.25) is 0 Å². The van der Waals surface area contributed by atoms with Gasteiger partial charge >= 0.3 is 5.97 Å². The molecule has 1 aromatic carbocycles. The van der Waals surface area contributed by atoms with E-state index in [0.717, 1.165) is 51.7 Å². The number of hydrogen-bond acceptors (Lipinski definition) is 2. The number of benzene rings is 1. The summed E-state index contributed by atoms with van der Waals surface area (Å²) in [4.78, 5) is 17.2. The highest BCUT2D eigenvalue weighted by molar-refractivity contribution is 6.12. The van der Waals surface area contributed by atoms with E-state index in [1.807, 2.05) is 12.4 Å². The summed E-state index contributed by atoms with van der Waals surface area (Å²) in [5, 5.41) is 11.2. The number of aromatic carboxylic acids is 1. The number of imidazole rings is 1. The molecule has 0 bridgehead atoms. The van der Waals surface area contributed by atoms with Gasteiger partial charge in [0.25, 0.3) is 0 Å². The predicted molar refractivity (Wildman–Crippen MR) is 119 cm³/mol. The SMILES string of the molecule is Cc1cn2cnc3c(C4CCCCC4)ccc(c32)c2c(C(=O)O)c3c(n12)CCC=C3. The highest BCUT2D eigenvalue weighted by atomic mass is 16.4. The van der Waals surface area contributed by atoms with E-state index in [0.29, 0.717) is 11.5 Å².